The fourth-order valence-electron chi connectivity index (χ4n) is 1.72. The summed E-state index contributed by atoms with van der Waals surface area (Å²) >= 11 is 0. The van der Waals surface area contributed by atoms with Crippen molar-refractivity contribution < 1.29 is 14.6 Å². The van der Waals surface area contributed by atoms with Crippen LogP contribution in [0.2, 0.25) is 0 Å². The van der Waals surface area contributed by atoms with Crippen molar-refractivity contribution in [2.75, 3.05) is 13.2 Å². The quantitative estimate of drug-likeness (QED) is 0.573. The van der Waals surface area contributed by atoms with Gasteiger partial charge in [-0.3, -0.25) is 4.79 Å². The van der Waals surface area contributed by atoms with Crippen LogP contribution in [0.15, 0.2) is 11.6 Å². The van der Waals surface area contributed by atoms with Crippen molar-refractivity contribution in [3.8, 4) is 0 Å². The molecule has 2 atom stereocenters. The Morgan fingerprint density at radius 1 is 1.73 bits per heavy atom. The SMILES string of the molecule is O=C1C=C2C(COC2CO)C1. The van der Waals surface area contributed by atoms with Gasteiger partial charge in [0.2, 0.25) is 0 Å². The Hall–Kier alpha value is -0.670. The molecule has 0 bridgehead atoms. The molecule has 1 aliphatic heterocycles. The lowest BCUT2D eigenvalue weighted by Gasteiger charge is -2.04. The largest absolute Gasteiger partial charge is 0.393 e. The predicted octanol–water partition coefficient (Wildman–Crippen LogP) is -0.107. The van der Waals surface area contributed by atoms with Crippen molar-refractivity contribution in [2.24, 2.45) is 5.92 Å². The van der Waals surface area contributed by atoms with Crippen LogP contribution in [-0.4, -0.2) is 30.2 Å². The number of ketones is 1. The summed E-state index contributed by atoms with van der Waals surface area (Å²) in [6, 6.07) is 0. The lowest BCUT2D eigenvalue weighted by Crippen LogP contribution is -2.12. The van der Waals surface area contributed by atoms with Gasteiger partial charge in [-0.1, -0.05) is 0 Å². The van der Waals surface area contributed by atoms with E-state index in [0.29, 0.717) is 13.0 Å². The number of ether oxygens (including phenoxy) is 1. The summed E-state index contributed by atoms with van der Waals surface area (Å²) in [5.74, 6) is 0.436. The number of aliphatic hydroxyl groups excluding tert-OH is 1. The van der Waals surface area contributed by atoms with Crippen LogP contribution < -0.4 is 0 Å². The summed E-state index contributed by atoms with van der Waals surface area (Å²) in [4.78, 5) is 10.9. The van der Waals surface area contributed by atoms with Gasteiger partial charge < -0.3 is 9.84 Å². The Balaban J connectivity index is 2.21. The van der Waals surface area contributed by atoms with Crippen molar-refractivity contribution in [3.05, 3.63) is 11.6 Å². The summed E-state index contributed by atoms with van der Waals surface area (Å²) in [5.41, 5.74) is 0.998. The van der Waals surface area contributed by atoms with Crippen molar-refractivity contribution >= 4 is 5.78 Å². The molecule has 0 aromatic rings. The molecular formula is C8H10O3. The van der Waals surface area contributed by atoms with E-state index in [-0.39, 0.29) is 24.4 Å². The third-order valence-corrected chi connectivity index (χ3v) is 2.28. The summed E-state index contributed by atoms with van der Waals surface area (Å²) in [6.07, 6.45) is 2.00. The minimum atomic E-state index is -0.202. The van der Waals surface area contributed by atoms with Gasteiger partial charge >= 0.3 is 0 Å². The Bertz CT molecular complexity index is 219. The van der Waals surface area contributed by atoms with Gasteiger partial charge in [-0.15, -0.1) is 0 Å². The van der Waals surface area contributed by atoms with Crippen LogP contribution in [0.4, 0.5) is 0 Å². The van der Waals surface area contributed by atoms with Gasteiger partial charge in [0.15, 0.2) is 5.78 Å². The van der Waals surface area contributed by atoms with E-state index in [1.165, 1.54) is 0 Å². The lowest BCUT2D eigenvalue weighted by atomic mass is 10.0. The second kappa shape index (κ2) is 2.43. The van der Waals surface area contributed by atoms with Crippen molar-refractivity contribution in [1.82, 2.24) is 0 Å². The highest BCUT2D eigenvalue weighted by molar-refractivity contribution is 5.93. The van der Waals surface area contributed by atoms with E-state index >= 15 is 0 Å². The first-order valence-corrected chi connectivity index (χ1v) is 3.78. The monoisotopic (exact) mass is 154 g/mol. The Kier molecular flexibility index (Phi) is 1.55. The molecule has 1 fully saturated rings. The topological polar surface area (TPSA) is 46.5 Å². The molecule has 11 heavy (non-hydrogen) atoms. The van der Waals surface area contributed by atoms with Crippen molar-refractivity contribution in [1.29, 1.82) is 0 Å². The smallest absolute Gasteiger partial charge is 0.156 e. The molecular weight excluding hydrogens is 144 g/mol. The second-order valence-corrected chi connectivity index (χ2v) is 3.02. The molecule has 1 aliphatic carbocycles. The maximum atomic E-state index is 10.9. The van der Waals surface area contributed by atoms with E-state index < -0.39 is 0 Å². The van der Waals surface area contributed by atoms with Gasteiger partial charge in [0.1, 0.15) is 6.10 Å². The first kappa shape index (κ1) is 7.00. The number of rotatable bonds is 1. The number of fused-ring (bicyclic) bond motifs is 1. The number of carbonyl (C=O) groups is 1. The summed E-state index contributed by atoms with van der Waals surface area (Å²) in [5, 5.41) is 8.82. The van der Waals surface area contributed by atoms with Gasteiger partial charge in [-0.05, 0) is 11.6 Å². The Labute approximate surface area is 64.7 Å². The Morgan fingerprint density at radius 2 is 2.55 bits per heavy atom. The molecule has 1 saturated heterocycles. The first-order chi connectivity index (χ1) is 5.31. The number of carbonyl (C=O) groups excluding carboxylic acids is 1. The molecule has 0 aromatic heterocycles. The van der Waals surface area contributed by atoms with Crippen molar-refractivity contribution in [2.45, 2.75) is 12.5 Å². The van der Waals surface area contributed by atoms with Crippen LogP contribution in [0.5, 0.6) is 0 Å². The minimum absolute atomic E-state index is 0.00435. The molecule has 0 spiro atoms. The lowest BCUT2D eigenvalue weighted by molar-refractivity contribution is -0.114. The molecule has 0 aromatic carbocycles. The van der Waals surface area contributed by atoms with Crippen LogP contribution >= 0.6 is 0 Å². The minimum Gasteiger partial charge on any atom is -0.393 e. The average Bonchev–Trinajstić information content (AvgIpc) is 2.45. The molecule has 0 radical (unpaired) electrons. The highest BCUT2D eigenvalue weighted by Gasteiger charge is 2.36. The fraction of sp³-hybridized carbons (Fsp3) is 0.625. The molecule has 2 rings (SSSR count). The maximum absolute atomic E-state index is 10.9. The van der Waals surface area contributed by atoms with E-state index in [4.69, 9.17) is 9.84 Å². The zero-order valence-electron chi connectivity index (χ0n) is 6.12. The Morgan fingerprint density at radius 3 is 3.27 bits per heavy atom. The maximum Gasteiger partial charge on any atom is 0.156 e. The van der Waals surface area contributed by atoms with Gasteiger partial charge in [-0.2, -0.15) is 0 Å². The molecule has 0 saturated carbocycles. The number of allylic oxidation sites excluding steroid dienone is 1. The van der Waals surface area contributed by atoms with E-state index in [9.17, 15) is 4.79 Å². The molecule has 2 unspecified atom stereocenters. The molecule has 0 amide bonds. The van der Waals surface area contributed by atoms with Crippen LogP contribution in [0.25, 0.3) is 0 Å². The van der Waals surface area contributed by atoms with Crippen LogP contribution in [0, 0.1) is 5.92 Å². The molecule has 2 aliphatic rings. The molecule has 3 heteroatoms. The number of hydrogen-bond donors (Lipinski definition) is 1. The van der Waals surface area contributed by atoms with Crippen LogP contribution in [0.1, 0.15) is 6.42 Å². The normalized spacial score (nSPS) is 35.7. The van der Waals surface area contributed by atoms with Gasteiger partial charge in [0.05, 0.1) is 13.2 Å². The van der Waals surface area contributed by atoms with Gasteiger partial charge in [0, 0.05) is 12.3 Å². The van der Waals surface area contributed by atoms with E-state index in [1.54, 1.807) is 6.08 Å². The third-order valence-electron chi connectivity index (χ3n) is 2.28. The fourth-order valence-corrected chi connectivity index (χ4v) is 1.72. The second-order valence-electron chi connectivity index (χ2n) is 3.02. The highest BCUT2D eigenvalue weighted by Crippen LogP contribution is 2.33. The molecule has 1 N–H and O–H groups in total. The van der Waals surface area contributed by atoms with E-state index in [1.807, 2.05) is 0 Å². The predicted molar refractivity (Wildman–Crippen MR) is 38.0 cm³/mol. The van der Waals surface area contributed by atoms with Crippen LogP contribution in [0.3, 0.4) is 0 Å². The van der Waals surface area contributed by atoms with E-state index in [2.05, 4.69) is 0 Å². The number of hydrogen-bond acceptors (Lipinski definition) is 3. The zero-order chi connectivity index (χ0) is 7.84. The third kappa shape index (κ3) is 1.01. The zero-order valence-corrected chi connectivity index (χ0v) is 6.12. The standard InChI is InChI=1S/C8H10O3/c9-3-8-7-2-6(10)1-5(7)4-11-8/h2,5,8-9H,1,3-4H2. The van der Waals surface area contributed by atoms with E-state index in [0.717, 1.165) is 5.57 Å². The molecule has 1 heterocycles. The van der Waals surface area contributed by atoms with Crippen molar-refractivity contribution in [3.63, 3.8) is 0 Å². The summed E-state index contributed by atoms with van der Waals surface area (Å²) < 4.78 is 5.25. The average molecular weight is 154 g/mol. The summed E-state index contributed by atoms with van der Waals surface area (Å²) in [7, 11) is 0. The van der Waals surface area contributed by atoms with Gasteiger partial charge in [-0.25, -0.2) is 0 Å². The molecule has 60 valence electrons. The molecule has 3 nitrogen and oxygen atoms in total. The first-order valence-electron chi connectivity index (χ1n) is 3.78. The van der Waals surface area contributed by atoms with Gasteiger partial charge in [0.25, 0.3) is 0 Å². The highest BCUT2D eigenvalue weighted by atomic mass is 16.5. The van der Waals surface area contributed by atoms with Crippen LogP contribution in [-0.2, 0) is 9.53 Å². The summed E-state index contributed by atoms with van der Waals surface area (Å²) in [6.45, 7) is 0.596. The number of aliphatic hydroxyl groups is 1.